The molecule has 0 radical (unpaired) electrons. The van der Waals surface area contributed by atoms with Crippen molar-refractivity contribution in [2.24, 2.45) is 4.99 Å². The van der Waals surface area contributed by atoms with Crippen LogP contribution in [0.2, 0.25) is 0 Å². The lowest BCUT2D eigenvalue weighted by molar-refractivity contribution is -0.137. The zero-order chi connectivity index (χ0) is 15.6. The summed E-state index contributed by atoms with van der Waals surface area (Å²) in [6, 6.07) is 15.0. The summed E-state index contributed by atoms with van der Waals surface area (Å²) in [6.45, 7) is 0.561. The fraction of sp³-hybridized carbons (Fsp3) is 0.188. The Balaban J connectivity index is 1.64. The number of hydrogen-bond acceptors (Lipinski definition) is 3. The minimum Gasteiger partial charge on any atom is -0.335 e. The molecule has 6 heteroatoms. The quantitative estimate of drug-likeness (QED) is 0.845. The summed E-state index contributed by atoms with van der Waals surface area (Å²) in [4.78, 5) is 4.41. The average molecular weight is 322 g/mol. The molecular weight excluding hydrogens is 309 g/mol. The summed E-state index contributed by atoms with van der Waals surface area (Å²) in [5.41, 5.74) is 1.18. The van der Waals surface area contributed by atoms with Crippen molar-refractivity contribution in [3.05, 3.63) is 65.7 Å². The Morgan fingerprint density at radius 2 is 1.68 bits per heavy atom. The summed E-state index contributed by atoms with van der Waals surface area (Å²) in [5, 5.41) is 4.05. The summed E-state index contributed by atoms with van der Waals surface area (Å²) in [7, 11) is 0. The van der Waals surface area contributed by atoms with Gasteiger partial charge in [-0.3, -0.25) is 4.99 Å². The predicted molar refractivity (Wildman–Crippen MR) is 84.1 cm³/mol. The van der Waals surface area contributed by atoms with Crippen molar-refractivity contribution >= 4 is 22.6 Å². The molecule has 2 aromatic carbocycles. The van der Waals surface area contributed by atoms with Gasteiger partial charge in [0.15, 0.2) is 5.17 Å². The molecule has 2 nitrogen and oxygen atoms in total. The molecule has 22 heavy (non-hydrogen) atoms. The number of hydrogen-bond donors (Lipinski definition) is 1. The second kappa shape index (κ2) is 6.04. The fourth-order valence-corrected chi connectivity index (χ4v) is 3.19. The van der Waals surface area contributed by atoms with Crippen molar-refractivity contribution in [2.45, 2.75) is 11.4 Å². The fourth-order valence-electron chi connectivity index (χ4n) is 2.15. The van der Waals surface area contributed by atoms with Gasteiger partial charge in [0.2, 0.25) is 0 Å². The first-order valence-corrected chi connectivity index (χ1v) is 7.61. The Bertz CT molecular complexity index is 666. The molecule has 1 unspecified atom stereocenters. The third-order valence-corrected chi connectivity index (χ3v) is 4.45. The Morgan fingerprint density at radius 3 is 2.32 bits per heavy atom. The zero-order valence-electron chi connectivity index (χ0n) is 11.5. The molecule has 0 bridgehead atoms. The number of amidine groups is 1. The van der Waals surface area contributed by atoms with E-state index < -0.39 is 11.7 Å². The SMILES string of the molecule is FC(F)(F)c1ccc(C2CN=C(Nc3ccccc3)S2)cc1. The second-order valence-corrected chi connectivity index (χ2v) is 6.05. The van der Waals surface area contributed by atoms with Gasteiger partial charge in [-0.1, -0.05) is 42.1 Å². The smallest absolute Gasteiger partial charge is 0.335 e. The highest BCUT2D eigenvalue weighted by molar-refractivity contribution is 8.14. The lowest BCUT2D eigenvalue weighted by Crippen LogP contribution is -2.06. The van der Waals surface area contributed by atoms with E-state index in [0.29, 0.717) is 6.54 Å². The monoisotopic (exact) mass is 322 g/mol. The first kappa shape index (κ1) is 15.0. The van der Waals surface area contributed by atoms with Crippen molar-refractivity contribution < 1.29 is 13.2 Å². The Kier molecular flexibility index (Phi) is 4.11. The lowest BCUT2D eigenvalue weighted by atomic mass is 10.1. The van der Waals surface area contributed by atoms with E-state index in [1.165, 1.54) is 23.9 Å². The number of anilines is 1. The highest BCUT2D eigenvalue weighted by atomic mass is 32.2. The van der Waals surface area contributed by atoms with Crippen LogP contribution in [-0.2, 0) is 6.18 Å². The number of rotatable bonds is 2. The van der Waals surface area contributed by atoms with Gasteiger partial charge in [0.05, 0.1) is 17.4 Å². The van der Waals surface area contributed by atoms with E-state index in [9.17, 15) is 13.2 Å². The minimum absolute atomic E-state index is 0.0495. The molecule has 0 fully saturated rings. The maximum Gasteiger partial charge on any atom is 0.416 e. The van der Waals surface area contributed by atoms with Crippen molar-refractivity contribution in [1.82, 2.24) is 0 Å². The topological polar surface area (TPSA) is 24.4 Å². The Labute approximate surface area is 130 Å². The van der Waals surface area contributed by atoms with Crippen LogP contribution in [0.1, 0.15) is 16.4 Å². The molecule has 0 spiro atoms. The largest absolute Gasteiger partial charge is 0.416 e. The second-order valence-electron chi connectivity index (χ2n) is 4.86. The number of aliphatic imine (C=N–C) groups is 1. The predicted octanol–water partition coefficient (Wildman–Crippen LogP) is 4.96. The molecule has 0 saturated heterocycles. The molecule has 114 valence electrons. The van der Waals surface area contributed by atoms with Gasteiger partial charge in [-0.25, -0.2) is 0 Å². The minimum atomic E-state index is -4.29. The number of benzene rings is 2. The third kappa shape index (κ3) is 3.44. The molecule has 0 aliphatic carbocycles. The van der Waals surface area contributed by atoms with Gasteiger partial charge in [-0.05, 0) is 29.8 Å². The van der Waals surface area contributed by atoms with Gasteiger partial charge in [-0.15, -0.1) is 0 Å². The number of halogens is 3. The Hall–Kier alpha value is -1.95. The van der Waals surface area contributed by atoms with Crippen LogP contribution in [-0.4, -0.2) is 11.7 Å². The average Bonchev–Trinajstić information content (AvgIpc) is 2.96. The van der Waals surface area contributed by atoms with Crippen molar-refractivity contribution in [2.75, 3.05) is 11.9 Å². The van der Waals surface area contributed by atoms with Gasteiger partial charge in [-0.2, -0.15) is 13.2 Å². The van der Waals surface area contributed by atoms with E-state index in [2.05, 4.69) is 10.3 Å². The molecule has 0 amide bonds. The molecule has 3 rings (SSSR count). The highest BCUT2D eigenvalue weighted by Crippen LogP contribution is 2.37. The van der Waals surface area contributed by atoms with Crippen molar-refractivity contribution in [3.8, 4) is 0 Å². The maximum atomic E-state index is 12.6. The third-order valence-electron chi connectivity index (χ3n) is 3.29. The molecule has 2 aromatic rings. The van der Waals surface area contributed by atoms with E-state index in [4.69, 9.17) is 0 Å². The van der Waals surface area contributed by atoms with Crippen LogP contribution in [0, 0.1) is 0 Å². The maximum absolute atomic E-state index is 12.6. The molecule has 1 aliphatic heterocycles. The molecule has 1 atom stereocenters. The number of nitrogens with one attached hydrogen (secondary N) is 1. The molecule has 1 N–H and O–H groups in total. The van der Waals surface area contributed by atoms with Gasteiger partial charge < -0.3 is 5.32 Å². The van der Waals surface area contributed by atoms with E-state index in [0.717, 1.165) is 28.6 Å². The van der Waals surface area contributed by atoms with Crippen LogP contribution >= 0.6 is 11.8 Å². The molecule has 0 aromatic heterocycles. The zero-order valence-corrected chi connectivity index (χ0v) is 12.3. The normalized spacial score (nSPS) is 18.1. The van der Waals surface area contributed by atoms with Gasteiger partial charge >= 0.3 is 6.18 Å². The van der Waals surface area contributed by atoms with Crippen LogP contribution in [0.4, 0.5) is 18.9 Å². The molecule has 1 aliphatic rings. The number of alkyl halides is 3. The number of thioether (sulfide) groups is 1. The van der Waals surface area contributed by atoms with Crippen molar-refractivity contribution in [1.29, 1.82) is 0 Å². The Morgan fingerprint density at radius 1 is 1.00 bits per heavy atom. The molecule has 1 heterocycles. The van der Waals surface area contributed by atoms with Gasteiger partial charge in [0, 0.05) is 5.69 Å². The van der Waals surface area contributed by atoms with E-state index >= 15 is 0 Å². The number of para-hydroxylation sites is 1. The van der Waals surface area contributed by atoms with E-state index in [-0.39, 0.29) is 5.25 Å². The van der Waals surface area contributed by atoms with E-state index in [1.54, 1.807) is 0 Å². The molecule has 0 saturated carbocycles. The molecular formula is C16H13F3N2S. The first-order chi connectivity index (χ1) is 10.5. The van der Waals surface area contributed by atoms with Crippen LogP contribution < -0.4 is 5.32 Å². The van der Waals surface area contributed by atoms with Gasteiger partial charge in [0.25, 0.3) is 0 Å². The summed E-state index contributed by atoms with van der Waals surface area (Å²) in [6.07, 6.45) is -4.29. The first-order valence-electron chi connectivity index (χ1n) is 6.73. The van der Waals surface area contributed by atoms with Crippen LogP contribution in [0.25, 0.3) is 0 Å². The van der Waals surface area contributed by atoms with Crippen molar-refractivity contribution in [3.63, 3.8) is 0 Å². The van der Waals surface area contributed by atoms with E-state index in [1.807, 2.05) is 30.3 Å². The van der Waals surface area contributed by atoms with Crippen LogP contribution in [0.3, 0.4) is 0 Å². The lowest BCUT2D eigenvalue weighted by Gasteiger charge is -2.11. The summed E-state index contributed by atoms with van der Waals surface area (Å²) >= 11 is 1.53. The summed E-state index contributed by atoms with van der Waals surface area (Å²) in [5.74, 6) is 0. The highest BCUT2D eigenvalue weighted by Gasteiger charge is 2.30. The van der Waals surface area contributed by atoms with Gasteiger partial charge in [0.1, 0.15) is 0 Å². The standard InChI is InChI=1S/C16H13F3N2S/c17-16(18,19)12-8-6-11(7-9-12)14-10-20-15(22-14)21-13-4-2-1-3-5-13/h1-9,14H,10H2,(H,20,21). The van der Waals surface area contributed by atoms with Crippen LogP contribution in [0.5, 0.6) is 0 Å². The van der Waals surface area contributed by atoms with Crippen LogP contribution in [0.15, 0.2) is 59.6 Å². The number of nitrogens with zero attached hydrogens (tertiary/aromatic N) is 1. The summed E-state index contributed by atoms with van der Waals surface area (Å²) < 4.78 is 37.7.